The number of aromatic nitrogens is 2. The molecule has 1 aliphatic carbocycles. The molecule has 1 saturated heterocycles. The maximum absolute atomic E-state index is 12.3. The van der Waals surface area contributed by atoms with Gasteiger partial charge in [-0.15, -0.1) is 26.3 Å². The number of carbonyl (C=O) groups is 1. The van der Waals surface area contributed by atoms with Crippen molar-refractivity contribution in [3.05, 3.63) is 89.3 Å². The summed E-state index contributed by atoms with van der Waals surface area (Å²) in [5.74, 6) is 1.52. The highest BCUT2D eigenvalue weighted by Gasteiger charge is 2.52. The van der Waals surface area contributed by atoms with Crippen molar-refractivity contribution in [1.29, 1.82) is 0 Å². The predicted molar refractivity (Wildman–Crippen MR) is 142 cm³/mol. The quantitative estimate of drug-likeness (QED) is 0.342. The lowest BCUT2D eigenvalue weighted by Crippen LogP contribution is -2.27. The molecule has 10 heteroatoms. The predicted octanol–water partition coefficient (Wildman–Crippen LogP) is 5.95. The largest absolute Gasteiger partial charge is 0.658 e. The van der Waals surface area contributed by atoms with Crippen LogP contribution in [0.2, 0.25) is 0 Å². The van der Waals surface area contributed by atoms with Gasteiger partial charge in [-0.3, -0.25) is 0 Å². The third-order valence-electron chi connectivity index (χ3n) is 7.38. The Bertz CT molecular complexity index is 1210. The number of hydrogen-bond donors (Lipinski definition) is 1. The maximum atomic E-state index is 12.3. The zero-order valence-electron chi connectivity index (χ0n) is 22.1. The van der Waals surface area contributed by atoms with Gasteiger partial charge in [0.25, 0.3) is 0 Å². The second kappa shape index (κ2) is 12.7. The summed E-state index contributed by atoms with van der Waals surface area (Å²) >= 11 is 0. The van der Waals surface area contributed by atoms with Crippen molar-refractivity contribution >= 4 is 5.97 Å². The molecule has 39 heavy (non-hydrogen) atoms. The molecule has 7 nitrogen and oxygen atoms in total. The molecule has 3 unspecified atom stereocenters. The van der Waals surface area contributed by atoms with E-state index in [0.29, 0.717) is 18.4 Å². The number of halogens is 3. The van der Waals surface area contributed by atoms with Gasteiger partial charge in [0.2, 0.25) is 0 Å². The number of fused-ring (bicyclic) bond motifs is 1. The second-order valence-corrected chi connectivity index (χ2v) is 10.3. The summed E-state index contributed by atoms with van der Waals surface area (Å²) in [5, 5.41) is 12.9. The fourth-order valence-electron chi connectivity index (χ4n) is 5.22. The fourth-order valence-corrected chi connectivity index (χ4v) is 5.22. The van der Waals surface area contributed by atoms with E-state index in [2.05, 4.69) is 57.2 Å². The van der Waals surface area contributed by atoms with Crippen molar-refractivity contribution in [2.75, 3.05) is 26.2 Å². The molecule has 210 valence electrons. The molecule has 5 rings (SSSR count). The van der Waals surface area contributed by atoms with Gasteiger partial charge >= 0.3 is 12.3 Å². The van der Waals surface area contributed by atoms with Gasteiger partial charge in [-0.05, 0) is 48.4 Å². The minimum Gasteiger partial charge on any atom is -0.658 e. The molecule has 1 aliphatic heterocycles. The van der Waals surface area contributed by atoms with Crippen molar-refractivity contribution in [3.63, 3.8) is 0 Å². The smallest absolute Gasteiger partial charge is 0.573 e. The number of likely N-dealkylation sites (tertiary alicyclic amines) is 1. The molecule has 1 aromatic heterocycles. The summed E-state index contributed by atoms with van der Waals surface area (Å²) < 4.78 is 42.6. The summed E-state index contributed by atoms with van der Waals surface area (Å²) in [4.78, 5) is 16.3. The number of ether oxygens (including phenoxy) is 1. The summed E-state index contributed by atoms with van der Waals surface area (Å²) in [6, 6.07) is 16.8. The van der Waals surface area contributed by atoms with E-state index >= 15 is 0 Å². The van der Waals surface area contributed by atoms with Crippen LogP contribution in [-0.2, 0) is 13.6 Å². The number of alkyl halides is 3. The van der Waals surface area contributed by atoms with Crippen molar-refractivity contribution in [3.8, 4) is 5.75 Å². The van der Waals surface area contributed by atoms with Gasteiger partial charge in [0.05, 0.1) is 6.33 Å². The molecule has 0 bridgehead atoms. The SMILES string of the molecule is CC(CCN1CC2C(C[N-]Cc3cccc(OC(F)(F)F)c3)C2C1)c1ccccc1.Cn1cnc(C(=O)O)c1. The van der Waals surface area contributed by atoms with Crippen LogP contribution in [0.3, 0.4) is 0 Å². The van der Waals surface area contributed by atoms with Crippen LogP contribution in [0.25, 0.3) is 5.32 Å². The highest BCUT2D eigenvalue weighted by Crippen LogP contribution is 2.52. The number of rotatable bonds is 10. The number of aryl methyl sites for hydroxylation is 1. The summed E-state index contributed by atoms with van der Waals surface area (Å²) in [6.45, 7) is 6.97. The number of imidazole rings is 1. The molecule has 0 amide bonds. The lowest BCUT2D eigenvalue weighted by Gasteiger charge is -2.25. The van der Waals surface area contributed by atoms with Gasteiger partial charge in [-0.1, -0.05) is 60.9 Å². The highest BCUT2D eigenvalue weighted by atomic mass is 19.4. The second-order valence-electron chi connectivity index (χ2n) is 10.3. The Morgan fingerprint density at radius 1 is 1.15 bits per heavy atom. The lowest BCUT2D eigenvalue weighted by molar-refractivity contribution is -0.274. The highest BCUT2D eigenvalue weighted by molar-refractivity contribution is 5.84. The normalized spacial score (nSPS) is 21.0. The Balaban J connectivity index is 0.000000333. The zero-order chi connectivity index (χ0) is 28.0. The number of carboxylic acid groups (broad SMARTS) is 1. The topological polar surface area (TPSA) is 81.7 Å². The van der Waals surface area contributed by atoms with Crippen LogP contribution in [-0.4, -0.2) is 58.1 Å². The third-order valence-corrected chi connectivity index (χ3v) is 7.38. The van der Waals surface area contributed by atoms with E-state index in [9.17, 15) is 18.0 Å². The van der Waals surface area contributed by atoms with Gasteiger partial charge < -0.3 is 24.6 Å². The van der Waals surface area contributed by atoms with Crippen molar-refractivity contribution < 1.29 is 27.8 Å². The molecule has 2 heterocycles. The van der Waals surface area contributed by atoms with Crippen LogP contribution >= 0.6 is 0 Å². The van der Waals surface area contributed by atoms with E-state index in [1.807, 2.05) is 0 Å². The van der Waals surface area contributed by atoms with Gasteiger partial charge in [0.1, 0.15) is 5.75 Å². The first-order valence-corrected chi connectivity index (χ1v) is 13.1. The minimum absolute atomic E-state index is 0.0810. The van der Waals surface area contributed by atoms with Crippen molar-refractivity contribution in [2.24, 2.45) is 24.8 Å². The molecule has 0 radical (unpaired) electrons. The van der Waals surface area contributed by atoms with E-state index in [0.717, 1.165) is 43.6 Å². The standard InChI is InChI=1S/C24H28F3N2O.C5H6N2O2/c1-17(19-7-3-2-4-8-19)10-11-29-15-22-21(23(22)16-29)14-28-13-18-6-5-9-20(12-18)30-24(25,26)27;1-7-2-4(5(8)9)6-3-7/h2-9,12,17,21-23H,10-11,13-16H2,1H3;2-3H,1H3,(H,8,9)/q-1;. The first-order chi connectivity index (χ1) is 18.6. The molecule has 1 saturated carbocycles. The Kier molecular flexibility index (Phi) is 9.29. The molecule has 2 fully saturated rings. The molecular formula is C29H34F3N4O3-. The summed E-state index contributed by atoms with van der Waals surface area (Å²) in [7, 11) is 1.72. The molecule has 1 N–H and O–H groups in total. The van der Waals surface area contributed by atoms with E-state index < -0.39 is 12.3 Å². The number of aromatic carboxylic acids is 1. The third kappa shape index (κ3) is 8.56. The Hall–Kier alpha value is -3.37. The van der Waals surface area contributed by atoms with Gasteiger partial charge in [0.15, 0.2) is 5.69 Å². The Morgan fingerprint density at radius 3 is 2.46 bits per heavy atom. The van der Waals surface area contributed by atoms with Crippen LogP contribution < -0.4 is 4.74 Å². The fraction of sp³-hybridized carbons (Fsp3) is 0.448. The average molecular weight is 544 g/mol. The first kappa shape index (κ1) is 28.6. The zero-order valence-corrected chi connectivity index (χ0v) is 22.1. The molecular weight excluding hydrogens is 509 g/mol. The van der Waals surface area contributed by atoms with Crippen molar-refractivity contribution in [1.82, 2.24) is 14.5 Å². The molecule has 0 spiro atoms. The van der Waals surface area contributed by atoms with Crippen molar-refractivity contribution in [2.45, 2.75) is 32.2 Å². The van der Waals surface area contributed by atoms with Gasteiger partial charge in [-0.2, -0.15) is 0 Å². The van der Waals surface area contributed by atoms with Crippen LogP contribution in [0.1, 0.15) is 40.9 Å². The van der Waals surface area contributed by atoms with E-state index in [1.54, 1.807) is 23.7 Å². The minimum atomic E-state index is -4.66. The number of carboxylic acids is 1. The number of hydrogen-bond acceptors (Lipinski definition) is 4. The molecule has 3 atom stereocenters. The Labute approximate surface area is 226 Å². The van der Waals surface area contributed by atoms with Crippen LogP contribution in [0.15, 0.2) is 67.1 Å². The number of nitrogens with zero attached hydrogens (tertiary/aromatic N) is 4. The monoisotopic (exact) mass is 543 g/mol. The first-order valence-electron chi connectivity index (χ1n) is 13.1. The molecule has 2 aromatic carbocycles. The molecule has 2 aliphatic rings. The van der Waals surface area contributed by atoms with Gasteiger partial charge in [-0.25, -0.2) is 9.78 Å². The number of piperidine rings is 1. The average Bonchev–Trinajstić information content (AvgIpc) is 3.21. The summed E-state index contributed by atoms with van der Waals surface area (Å²) in [6.07, 6.45) is -0.591. The Morgan fingerprint density at radius 2 is 1.87 bits per heavy atom. The van der Waals surface area contributed by atoms with Crippen LogP contribution in [0.5, 0.6) is 5.75 Å². The molecule has 3 aromatic rings. The van der Waals surface area contributed by atoms with Crippen LogP contribution in [0.4, 0.5) is 13.2 Å². The lowest BCUT2D eigenvalue weighted by atomic mass is 9.98. The van der Waals surface area contributed by atoms with Crippen LogP contribution in [0, 0.1) is 17.8 Å². The van der Waals surface area contributed by atoms with Gasteiger partial charge in [0, 0.05) is 26.3 Å². The maximum Gasteiger partial charge on any atom is 0.573 e. The summed E-state index contributed by atoms with van der Waals surface area (Å²) in [5.41, 5.74) is 2.24. The van der Waals surface area contributed by atoms with E-state index in [1.165, 1.54) is 36.6 Å². The van der Waals surface area contributed by atoms with E-state index in [-0.39, 0.29) is 11.4 Å². The van der Waals surface area contributed by atoms with E-state index in [4.69, 9.17) is 5.11 Å². The number of benzene rings is 2.